The van der Waals surface area contributed by atoms with Crippen molar-refractivity contribution >= 4 is 5.96 Å². The van der Waals surface area contributed by atoms with E-state index < -0.39 is 12.6 Å². The Kier molecular flexibility index (Phi) is 6.84. The zero-order chi connectivity index (χ0) is 15.0. The topological polar surface area (TPSA) is 39.7 Å². The largest absolute Gasteiger partial charge is 0.390 e. The molecule has 0 atom stereocenters. The van der Waals surface area contributed by atoms with Gasteiger partial charge >= 0.3 is 6.18 Å². The van der Waals surface area contributed by atoms with Gasteiger partial charge in [0, 0.05) is 39.3 Å². The Labute approximate surface area is 118 Å². The minimum atomic E-state index is -4.14. The molecule has 20 heavy (non-hydrogen) atoms. The Morgan fingerprint density at radius 3 is 2.55 bits per heavy atom. The molecule has 0 bridgehead atoms. The van der Waals surface area contributed by atoms with E-state index in [0.29, 0.717) is 5.96 Å². The van der Waals surface area contributed by atoms with E-state index in [1.807, 2.05) is 6.08 Å². The normalized spacial score (nSPS) is 18.9. The van der Waals surface area contributed by atoms with Gasteiger partial charge < -0.3 is 10.6 Å². The molecule has 0 aromatic heterocycles. The van der Waals surface area contributed by atoms with Crippen molar-refractivity contribution in [1.82, 2.24) is 15.5 Å². The zero-order valence-corrected chi connectivity index (χ0v) is 11.8. The first kappa shape index (κ1) is 16.8. The lowest BCUT2D eigenvalue weighted by Gasteiger charge is -2.32. The fourth-order valence-electron chi connectivity index (χ4n) is 2.15. The van der Waals surface area contributed by atoms with E-state index in [2.05, 4.69) is 27.1 Å². The number of hydrogen-bond acceptors (Lipinski definition) is 2. The summed E-state index contributed by atoms with van der Waals surface area (Å²) < 4.78 is 36.2. The van der Waals surface area contributed by atoms with E-state index in [0.717, 1.165) is 32.5 Å². The van der Waals surface area contributed by atoms with Crippen LogP contribution in [0.2, 0.25) is 0 Å². The van der Waals surface area contributed by atoms with Gasteiger partial charge in [-0.2, -0.15) is 13.2 Å². The predicted molar refractivity (Wildman–Crippen MR) is 74.8 cm³/mol. The number of halogens is 3. The molecular formula is C13H23F3N4. The van der Waals surface area contributed by atoms with Gasteiger partial charge in [-0.1, -0.05) is 6.08 Å². The maximum Gasteiger partial charge on any atom is 0.390 e. The van der Waals surface area contributed by atoms with Crippen molar-refractivity contribution in [3.05, 3.63) is 12.7 Å². The molecule has 1 fully saturated rings. The minimum absolute atomic E-state index is 0.154. The number of nitrogens with one attached hydrogen (secondary N) is 2. The van der Waals surface area contributed by atoms with Crippen molar-refractivity contribution in [1.29, 1.82) is 0 Å². The van der Waals surface area contributed by atoms with Crippen LogP contribution in [-0.4, -0.2) is 56.3 Å². The molecule has 0 spiro atoms. The second-order valence-electron chi connectivity index (χ2n) is 4.87. The number of nitrogens with zero attached hydrogens (tertiary/aromatic N) is 2. The van der Waals surface area contributed by atoms with Crippen LogP contribution in [0, 0.1) is 0 Å². The van der Waals surface area contributed by atoms with Gasteiger partial charge in [-0.15, -0.1) is 6.58 Å². The first-order valence-corrected chi connectivity index (χ1v) is 6.82. The highest BCUT2D eigenvalue weighted by atomic mass is 19.4. The molecule has 0 aromatic rings. The van der Waals surface area contributed by atoms with Crippen LogP contribution < -0.4 is 10.6 Å². The molecule has 1 heterocycles. The van der Waals surface area contributed by atoms with Gasteiger partial charge in [0.15, 0.2) is 5.96 Å². The average Bonchev–Trinajstić information content (AvgIpc) is 2.38. The van der Waals surface area contributed by atoms with Crippen molar-refractivity contribution < 1.29 is 13.2 Å². The molecule has 1 aliphatic heterocycles. The van der Waals surface area contributed by atoms with E-state index >= 15 is 0 Å². The second-order valence-corrected chi connectivity index (χ2v) is 4.87. The first-order chi connectivity index (χ1) is 9.44. The van der Waals surface area contributed by atoms with Gasteiger partial charge in [0.2, 0.25) is 0 Å². The lowest BCUT2D eigenvalue weighted by molar-refractivity contribution is -0.132. The Bertz CT molecular complexity index is 320. The number of alkyl halides is 3. The van der Waals surface area contributed by atoms with Crippen molar-refractivity contribution in [2.24, 2.45) is 4.99 Å². The van der Waals surface area contributed by atoms with Gasteiger partial charge in [-0.05, 0) is 12.8 Å². The Morgan fingerprint density at radius 1 is 1.40 bits per heavy atom. The molecule has 4 nitrogen and oxygen atoms in total. The van der Waals surface area contributed by atoms with E-state index in [1.165, 1.54) is 0 Å². The minimum Gasteiger partial charge on any atom is -0.356 e. The fraction of sp³-hybridized carbons (Fsp3) is 0.769. The van der Waals surface area contributed by atoms with Crippen molar-refractivity contribution in [2.75, 3.05) is 33.2 Å². The number of likely N-dealkylation sites (tertiary alicyclic amines) is 1. The van der Waals surface area contributed by atoms with Crippen LogP contribution in [0.25, 0.3) is 0 Å². The third kappa shape index (κ3) is 6.79. The molecule has 0 radical (unpaired) electrons. The summed E-state index contributed by atoms with van der Waals surface area (Å²) in [7, 11) is 1.57. The quantitative estimate of drug-likeness (QED) is 0.461. The van der Waals surface area contributed by atoms with E-state index in [-0.39, 0.29) is 12.6 Å². The van der Waals surface area contributed by atoms with Crippen LogP contribution in [0.1, 0.15) is 19.3 Å². The molecule has 0 saturated carbocycles. The Balaban J connectivity index is 2.26. The van der Waals surface area contributed by atoms with E-state index in [1.54, 1.807) is 7.05 Å². The molecule has 0 aromatic carbocycles. The molecule has 0 aliphatic carbocycles. The molecule has 1 rings (SSSR count). The van der Waals surface area contributed by atoms with Crippen LogP contribution in [0.4, 0.5) is 13.2 Å². The summed E-state index contributed by atoms with van der Waals surface area (Å²) in [5.41, 5.74) is 0. The summed E-state index contributed by atoms with van der Waals surface area (Å²) >= 11 is 0. The summed E-state index contributed by atoms with van der Waals surface area (Å²) in [4.78, 5) is 6.25. The van der Waals surface area contributed by atoms with E-state index in [4.69, 9.17) is 0 Å². The first-order valence-electron chi connectivity index (χ1n) is 6.82. The van der Waals surface area contributed by atoms with Crippen LogP contribution in [0.3, 0.4) is 0 Å². The summed E-state index contributed by atoms with van der Waals surface area (Å²) in [5, 5.41) is 5.87. The van der Waals surface area contributed by atoms with Gasteiger partial charge in [0.05, 0.1) is 6.42 Å². The summed E-state index contributed by atoms with van der Waals surface area (Å²) in [6, 6.07) is 0.258. The Hall–Kier alpha value is -1.24. The standard InChI is InChI=1S/C13H23F3N4/c1-3-8-20-9-4-11(5-10-20)19-12(17-2)18-7-6-13(14,15)16/h3,11H,1,4-10H2,2H3,(H2,17,18,19). The highest BCUT2D eigenvalue weighted by Crippen LogP contribution is 2.18. The lowest BCUT2D eigenvalue weighted by atomic mass is 10.1. The SMILES string of the molecule is C=CCN1CCC(NC(=NC)NCCC(F)(F)F)CC1. The van der Waals surface area contributed by atoms with Crippen LogP contribution >= 0.6 is 0 Å². The molecule has 2 N–H and O–H groups in total. The fourth-order valence-corrected chi connectivity index (χ4v) is 2.15. The number of guanidine groups is 1. The van der Waals surface area contributed by atoms with Crippen molar-refractivity contribution in [3.8, 4) is 0 Å². The molecule has 1 aliphatic rings. The number of rotatable bonds is 5. The summed E-state index contributed by atoms with van der Waals surface area (Å²) in [6.45, 7) is 6.36. The third-order valence-electron chi connectivity index (χ3n) is 3.24. The molecule has 0 unspecified atom stereocenters. The smallest absolute Gasteiger partial charge is 0.356 e. The lowest BCUT2D eigenvalue weighted by Crippen LogP contribution is -2.49. The highest BCUT2D eigenvalue weighted by Gasteiger charge is 2.26. The van der Waals surface area contributed by atoms with Gasteiger partial charge in [-0.3, -0.25) is 9.89 Å². The average molecular weight is 292 g/mol. The maximum absolute atomic E-state index is 12.1. The number of hydrogen-bond donors (Lipinski definition) is 2. The number of piperidine rings is 1. The number of aliphatic imine (C=N–C) groups is 1. The maximum atomic E-state index is 12.1. The highest BCUT2D eigenvalue weighted by molar-refractivity contribution is 5.79. The van der Waals surface area contributed by atoms with Crippen LogP contribution in [-0.2, 0) is 0 Å². The summed E-state index contributed by atoms with van der Waals surface area (Å²) in [6.07, 6.45) is -1.21. The molecule has 7 heteroatoms. The monoisotopic (exact) mass is 292 g/mol. The van der Waals surface area contributed by atoms with E-state index in [9.17, 15) is 13.2 Å². The second kappa shape index (κ2) is 8.14. The molecule has 116 valence electrons. The van der Waals surface area contributed by atoms with Gasteiger partial charge in [-0.25, -0.2) is 0 Å². The van der Waals surface area contributed by atoms with Crippen LogP contribution in [0.15, 0.2) is 17.6 Å². The predicted octanol–water partition coefficient (Wildman–Crippen LogP) is 1.75. The van der Waals surface area contributed by atoms with Gasteiger partial charge in [0.25, 0.3) is 0 Å². The van der Waals surface area contributed by atoms with Gasteiger partial charge in [0.1, 0.15) is 0 Å². The van der Waals surface area contributed by atoms with Crippen molar-refractivity contribution in [3.63, 3.8) is 0 Å². The van der Waals surface area contributed by atoms with Crippen molar-refractivity contribution in [2.45, 2.75) is 31.5 Å². The molecule has 0 amide bonds. The van der Waals surface area contributed by atoms with Crippen LogP contribution in [0.5, 0.6) is 0 Å². The molecular weight excluding hydrogens is 269 g/mol. The molecule has 1 saturated heterocycles. The third-order valence-corrected chi connectivity index (χ3v) is 3.24. The summed E-state index contributed by atoms with van der Waals surface area (Å²) in [5.74, 6) is 0.441. The Morgan fingerprint density at radius 2 is 2.05 bits per heavy atom. The zero-order valence-electron chi connectivity index (χ0n) is 11.8.